The molecule has 1 saturated carbocycles. The lowest BCUT2D eigenvalue weighted by Crippen LogP contribution is -2.39. The third-order valence-corrected chi connectivity index (χ3v) is 2.49. The first kappa shape index (κ1) is 11.0. The van der Waals surface area contributed by atoms with Crippen molar-refractivity contribution in [2.75, 3.05) is 6.61 Å². The molecule has 2 atom stereocenters. The van der Waals surface area contributed by atoms with Crippen LogP contribution in [0.1, 0.15) is 33.1 Å². The molecule has 0 spiro atoms. The van der Waals surface area contributed by atoms with E-state index in [0.29, 0.717) is 6.61 Å². The molecular weight excluding hydrogens is 182 g/mol. The van der Waals surface area contributed by atoms with E-state index in [-0.39, 0.29) is 23.8 Å². The van der Waals surface area contributed by atoms with Crippen LogP contribution in [0.4, 0.5) is 0 Å². The SMILES string of the molecule is CCOC(=O)C1CCCC1NC(C)=O. The number of nitrogens with one attached hydrogen (secondary N) is 1. The summed E-state index contributed by atoms with van der Waals surface area (Å²) in [5, 5.41) is 2.79. The highest BCUT2D eigenvalue weighted by Gasteiger charge is 2.34. The predicted octanol–water partition coefficient (Wildman–Crippen LogP) is 0.854. The molecular formula is C10H17NO3. The van der Waals surface area contributed by atoms with Gasteiger partial charge in [0.05, 0.1) is 12.5 Å². The Kier molecular flexibility index (Phi) is 3.92. The third-order valence-electron chi connectivity index (χ3n) is 2.49. The molecule has 0 aromatic heterocycles. The molecule has 4 heteroatoms. The van der Waals surface area contributed by atoms with E-state index in [0.717, 1.165) is 19.3 Å². The van der Waals surface area contributed by atoms with E-state index in [1.165, 1.54) is 6.92 Å². The third kappa shape index (κ3) is 2.72. The Hall–Kier alpha value is -1.06. The zero-order chi connectivity index (χ0) is 10.6. The molecule has 0 aliphatic heterocycles. The van der Waals surface area contributed by atoms with Crippen LogP contribution < -0.4 is 5.32 Å². The zero-order valence-corrected chi connectivity index (χ0v) is 8.71. The van der Waals surface area contributed by atoms with Crippen molar-refractivity contribution in [3.63, 3.8) is 0 Å². The topological polar surface area (TPSA) is 55.4 Å². The van der Waals surface area contributed by atoms with Gasteiger partial charge in [0, 0.05) is 13.0 Å². The van der Waals surface area contributed by atoms with Gasteiger partial charge in [-0.3, -0.25) is 9.59 Å². The second-order valence-corrected chi connectivity index (χ2v) is 3.60. The van der Waals surface area contributed by atoms with Crippen LogP contribution >= 0.6 is 0 Å². The summed E-state index contributed by atoms with van der Waals surface area (Å²) in [5.74, 6) is -0.395. The van der Waals surface area contributed by atoms with Crippen molar-refractivity contribution in [2.24, 2.45) is 5.92 Å². The average molecular weight is 199 g/mol. The van der Waals surface area contributed by atoms with Crippen molar-refractivity contribution in [1.29, 1.82) is 0 Å². The quantitative estimate of drug-likeness (QED) is 0.686. The Labute approximate surface area is 84.0 Å². The number of rotatable bonds is 3. The first-order chi connectivity index (χ1) is 6.65. The van der Waals surface area contributed by atoms with Crippen LogP contribution in [0.15, 0.2) is 0 Å². The minimum atomic E-state index is -0.177. The number of esters is 1. The highest BCUT2D eigenvalue weighted by atomic mass is 16.5. The summed E-state index contributed by atoms with van der Waals surface area (Å²) >= 11 is 0. The van der Waals surface area contributed by atoms with Gasteiger partial charge in [-0.1, -0.05) is 6.42 Å². The molecule has 0 bridgehead atoms. The van der Waals surface area contributed by atoms with Gasteiger partial charge in [0.15, 0.2) is 0 Å². The average Bonchev–Trinajstić information content (AvgIpc) is 2.51. The summed E-state index contributed by atoms with van der Waals surface area (Å²) < 4.78 is 4.95. The van der Waals surface area contributed by atoms with Gasteiger partial charge in [0.1, 0.15) is 0 Å². The highest BCUT2D eigenvalue weighted by molar-refractivity contribution is 5.77. The lowest BCUT2D eigenvalue weighted by atomic mass is 10.0. The standard InChI is InChI=1S/C10H17NO3/c1-3-14-10(13)8-5-4-6-9(8)11-7(2)12/h8-9H,3-6H2,1-2H3,(H,11,12). The van der Waals surface area contributed by atoms with Gasteiger partial charge in [0.2, 0.25) is 5.91 Å². The van der Waals surface area contributed by atoms with E-state index in [4.69, 9.17) is 4.74 Å². The molecule has 1 aliphatic rings. The summed E-state index contributed by atoms with van der Waals surface area (Å²) in [4.78, 5) is 22.3. The second kappa shape index (κ2) is 4.98. The molecule has 1 rings (SSSR count). The minimum Gasteiger partial charge on any atom is -0.466 e. The largest absolute Gasteiger partial charge is 0.466 e. The molecule has 0 saturated heterocycles. The van der Waals surface area contributed by atoms with Crippen LogP contribution in [0.5, 0.6) is 0 Å². The van der Waals surface area contributed by atoms with Crippen molar-refractivity contribution < 1.29 is 14.3 Å². The summed E-state index contributed by atoms with van der Waals surface area (Å²) in [6.45, 7) is 3.67. The van der Waals surface area contributed by atoms with Crippen LogP contribution in [-0.2, 0) is 14.3 Å². The summed E-state index contributed by atoms with van der Waals surface area (Å²) in [6.07, 6.45) is 2.68. The molecule has 0 aromatic rings. The first-order valence-corrected chi connectivity index (χ1v) is 5.09. The van der Waals surface area contributed by atoms with Gasteiger partial charge in [-0.05, 0) is 19.8 Å². The lowest BCUT2D eigenvalue weighted by Gasteiger charge is -2.18. The maximum Gasteiger partial charge on any atom is 0.311 e. The Morgan fingerprint density at radius 1 is 1.43 bits per heavy atom. The van der Waals surface area contributed by atoms with Crippen molar-refractivity contribution in [3.05, 3.63) is 0 Å². The van der Waals surface area contributed by atoms with E-state index in [1.54, 1.807) is 6.92 Å². The lowest BCUT2D eigenvalue weighted by molar-refractivity contribution is -0.148. The fourth-order valence-corrected chi connectivity index (χ4v) is 1.93. The van der Waals surface area contributed by atoms with Crippen LogP contribution in [-0.4, -0.2) is 24.5 Å². The molecule has 2 unspecified atom stereocenters. The van der Waals surface area contributed by atoms with Crippen molar-refractivity contribution in [2.45, 2.75) is 39.2 Å². The Balaban J connectivity index is 2.50. The van der Waals surface area contributed by atoms with Crippen LogP contribution in [0.25, 0.3) is 0 Å². The molecule has 0 heterocycles. The van der Waals surface area contributed by atoms with Gasteiger partial charge in [-0.2, -0.15) is 0 Å². The van der Waals surface area contributed by atoms with E-state index >= 15 is 0 Å². The van der Waals surface area contributed by atoms with Gasteiger partial charge in [-0.15, -0.1) is 0 Å². The van der Waals surface area contributed by atoms with Crippen molar-refractivity contribution >= 4 is 11.9 Å². The molecule has 0 radical (unpaired) electrons. The number of hydrogen-bond acceptors (Lipinski definition) is 3. The molecule has 14 heavy (non-hydrogen) atoms. The predicted molar refractivity (Wildman–Crippen MR) is 51.6 cm³/mol. The Morgan fingerprint density at radius 3 is 2.71 bits per heavy atom. The van der Waals surface area contributed by atoms with Gasteiger partial charge >= 0.3 is 5.97 Å². The number of hydrogen-bond donors (Lipinski definition) is 1. The number of carbonyl (C=O) groups is 2. The highest BCUT2D eigenvalue weighted by Crippen LogP contribution is 2.26. The Bertz CT molecular complexity index is 227. The molecule has 1 N–H and O–H groups in total. The first-order valence-electron chi connectivity index (χ1n) is 5.09. The fourth-order valence-electron chi connectivity index (χ4n) is 1.93. The van der Waals surface area contributed by atoms with Crippen LogP contribution in [0.2, 0.25) is 0 Å². The second-order valence-electron chi connectivity index (χ2n) is 3.60. The zero-order valence-electron chi connectivity index (χ0n) is 8.71. The van der Waals surface area contributed by atoms with E-state index in [2.05, 4.69) is 5.32 Å². The minimum absolute atomic E-state index is 0.0217. The molecule has 4 nitrogen and oxygen atoms in total. The molecule has 1 aliphatic carbocycles. The maximum atomic E-state index is 11.5. The monoisotopic (exact) mass is 199 g/mol. The van der Waals surface area contributed by atoms with Crippen molar-refractivity contribution in [3.8, 4) is 0 Å². The van der Waals surface area contributed by atoms with E-state index in [1.807, 2.05) is 0 Å². The number of ether oxygens (including phenoxy) is 1. The molecule has 80 valence electrons. The molecule has 0 aromatic carbocycles. The number of carbonyl (C=O) groups excluding carboxylic acids is 2. The van der Waals surface area contributed by atoms with Crippen molar-refractivity contribution in [1.82, 2.24) is 5.32 Å². The van der Waals surface area contributed by atoms with Gasteiger partial charge < -0.3 is 10.1 Å². The Morgan fingerprint density at radius 2 is 2.14 bits per heavy atom. The summed E-state index contributed by atoms with van der Waals surface area (Å²) in [7, 11) is 0. The van der Waals surface area contributed by atoms with E-state index < -0.39 is 0 Å². The normalized spacial score (nSPS) is 25.9. The van der Waals surface area contributed by atoms with Gasteiger partial charge in [-0.25, -0.2) is 0 Å². The molecule has 1 fully saturated rings. The smallest absolute Gasteiger partial charge is 0.311 e. The van der Waals surface area contributed by atoms with Crippen LogP contribution in [0.3, 0.4) is 0 Å². The molecule has 1 amide bonds. The number of amides is 1. The van der Waals surface area contributed by atoms with E-state index in [9.17, 15) is 9.59 Å². The van der Waals surface area contributed by atoms with Crippen LogP contribution in [0, 0.1) is 5.92 Å². The van der Waals surface area contributed by atoms with Gasteiger partial charge in [0.25, 0.3) is 0 Å². The fraction of sp³-hybridized carbons (Fsp3) is 0.800. The summed E-state index contributed by atoms with van der Waals surface area (Å²) in [6, 6.07) is -0.0217. The maximum absolute atomic E-state index is 11.5. The summed E-state index contributed by atoms with van der Waals surface area (Å²) in [5.41, 5.74) is 0.